The number of carbonyl (C=O) groups is 3. The number of nitrogens with one attached hydrogen (secondary N) is 3. The number of rotatable bonds is 3. The average molecular weight is 257 g/mol. The van der Waals surface area contributed by atoms with E-state index in [4.69, 9.17) is 4.74 Å². The quantitative estimate of drug-likeness (QED) is 0.623. The Bertz CT molecular complexity index is 345. The lowest BCUT2D eigenvalue weighted by Crippen LogP contribution is -2.47. The minimum absolute atomic E-state index is 0.0177. The zero-order valence-electron chi connectivity index (χ0n) is 10.8. The first kappa shape index (κ1) is 14.3. The molecule has 1 aliphatic rings. The van der Waals surface area contributed by atoms with Gasteiger partial charge in [0.15, 0.2) is 0 Å². The van der Waals surface area contributed by atoms with Crippen LogP contribution >= 0.6 is 0 Å². The number of hydrazine groups is 1. The largest absolute Gasteiger partial charge is 0.444 e. The van der Waals surface area contributed by atoms with Gasteiger partial charge in [0, 0.05) is 5.92 Å². The van der Waals surface area contributed by atoms with Gasteiger partial charge in [-0.1, -0.05) is 0 Å². The first-order chi connectivity index (χ1) is 8.28. The zero-order valence-corrected chi connectivity index (χ0v) is 10.8. The average Bonchev–Trinajstić information content (AvgIpc) is 3.04. The van der Waals surface area contributed by atoms with E-state index in [2.05, 4.69) is 16.2 Å². The number of ether oxygens (including phenoxy) is 1. The Hall–Kier alpha value is -1.79. The summed E-state index contributed by atoms with van der Waals surface area (Å²) in [5.74, 6) is -0.681. The van der Waals surface area contributed by atoms with Gasteiger partial charge in [0.05, 0.1) is 0 Å². The lowest BCUT2D eigenvalue weighted by molar-refractivity contribution is -0.129. The highest BCUT2D eigenvalue weighted by molar-refractivity contribution is 5.86. The van der Waals surface area contributed by atoms with Gasteiger partial charge >= 0.3 is 6.09 Å². The molecule has 0 atom stereocenters. The summed E-state index contributed by atoms with van der Waals surface area (Å²) in [4.78, 5) is 33.7. The predicted molar refractivity (Wildman–Crippen MR) is 63.2 cm³/mol. The molecule has 3 N–H and O–H groups in total. The summed E-state index contributed by atoms with van der Waals surface area (Å²) in [6.45, 7) is 4.92. The maximum Gasteiger partial charge on any atom is 0.408 e. The fourth-order valence-corrected chi connectivity index (χ4v) is 1.09. The van der Waals surface area contributed by atoms with Crippen LogP contribution in [0.15, 0.2) is 0 Å². The van der Waals surface area contributed by atoms with Crippen molar-refractivity contribution in [1.82, 2.24) is 16.2 Å². The van der Waals surface area contributed by atoms with Crippen LogP contribution in [0, 0.1) is 5.92 Å². The van der Waals surface area contributed by atoms with Gasteiger partial charge in [-0.2, -0.15) is 0 Å². The van der Waals surface area contributed by atoms with Gasteiger partial charge in [0.1, 0.15) is 12.1 Å². The molecule has 7 nitrogen and oxygen atoms in total. The SMILES string of the molecule is CC(C)(C)OC(=O)NCC(=O)NNC(=O)C1CC1. The van der Waals surface area contributed by atoms with E-state index < -0.39 is 17.6 Å². The van der Waals surface area contributed by atoms with Gasteiger partial charge in [-0.15, -0.1) is 0 Å². The Kier molecular flexibility index (Phi) is 4.52. The van der Waals surface area contributed by atoms with Crippen molar-refractivity contribution in [3.05, 3.63) is 0 Å². The molecule has 7 heteroatoms. The van der Waals surface area contributed by atoms with Crippen molar-refractivity contribution in [3.63, 3.8) is 0 Å². The van der Waals surface area contributed by atoms with E-state index in [-0.39, 0.29) is 18.4 Å². The molecule has 1 saturated carbocycles. The van der Waals surface area contributed by atoms with Crippen molar-refractivity contribution in [2.75, 3.05) is 6.54 Å². The Morgan fingerprint density at radius 2 is 1.78 bits per heavy atom. The molecule has 0 radical (unpaired) electrons. The highest BCUT2D eigenvalue weighted by Crippen LogP contribution is 2.28. The van der Waals surface area contributed by atoms with E-state index in [1.807, 2.05) is 0 Å². The van der Waals surface area contributed by atoms with E-state index in [0.29, 0.717) is 0 Å². The third kappa shape index (κ3) is 6.07. The molecule has 102 valence electrons. The minimum Gasteiger partial charge on any atom is -0.444 e. The zero-order chi connectivity index (χ0) is 13.8. The third-order valence-corrected chi connectivity index (χ3v) is 2.07. The van der Waals surface area contributed by atoms with Gasteiger partial charge in [0.2, 0.25) is 5.91 Å². The van der Waals surface area contributed by atoms with E-state index in [9.17, 15) is 14.4 Å². The highest BCUT2D eigenvalue weighted by Gasteiger charge is 2.29. The molecule has 0 aromatic heterocycles. The molecule has 0 saturated heterocycles. The van der Waals surface area contributed by atoms with Crippen molar-refractivity contribution in [2.24, 2.45) is 5.92 Å². The molecular weight excluding hydrogens is 238 g/mol. The number of amides is 3. The summed E-state index contributed by atoms with van der Waals surface area (Å²) in [5.41, 5.74) is 3.89. The summed E-state index contributed by atoms with van der Waals surface area (Å²) in [6, 6.07) is 0. The van der Waals surface area contributed by atoms with Crippen molar-refractivity contribution < 1.29 is 19.1 Å². The van der Waals surface area contributed by atoms with E-state index in [0.717, 1.165) is 12.8 Å². The van der Waals surface area contributed by atoms with Crippen LogP contribution in [0.25, 0.3) is 0 Å². The first-order valence-corrected chi connectivity index (χ1v) is 5.83. The highest BCUT2D eigenvalue weighted by atomic mass is 16.6. The Morgan fingerprint density at radius 1 is 1.17 bits per heavy atom. The van der Waals surface area contributed by atoms with Crippen LogP contribution in [0.4, 0.5) is 4.79 Å². The van der Waals surface area contributed by atoms with Crippen LogP contribution in [0.5, 0.6) is 0 Å². The second-order valence-corrected chi connectivity index (χ2v) is 5.17. The molecule has 0 aromatic carbocycles. The minimum atomic E-state index is -0.675. The van der Waals surface area contributed by atoms with E-state index in [1.165, 1.54) is 0 Å². The van der Waals surface area contributed by atoms with Crippen molar-refractivity contribution >= 4 is 17.9 Å². The standard InChI is InChI=1S/C11H19N3O4/c1-11(2,3)18-10(17)12-6-8(15)13-14-9(16)7-4-5-7/h7H,4-6H2,1-3H3,(H,12,17)(H,13,15)(H,14,16). The van der Waals surface area contributed by atoms with Gasteiger partial charge in [0.25, 0.3) is 5.91 Å². The normalized spacial score (nSPS) is 14.6. The van der Waals surface area contributed by atoms with E-state index in [1.54, 1.807) is 20.8 Å². The molecule has 1 rings (SSSR count). The molecular formula is C11H19N3O4. The molecule has 0 heterocycles. The van der Waals surface area contributed by atoms with Crippen LogP contribution < -0.4 is 16.2 Å². The number of alkyl carbamates (subject to hydrolysis) is 1. The summed E-state index contributed by atoms with van der Waals surface area (Å²) in [6.07, 6.45) is 1.04. The lowest BCUT2D eigenvalue weighted by atomic mass is 10.2. The maximum atomic E-state index is 11.3. The van der Waals surface area contributed by atoms with Crippen molar-refractivity contribution in [2.45, 2.75) is 39.2 Å². The fraction of sp³-hybridized carbons (Fsp3) is 0.727. The Balaban J connectivity index is 2.12. The molecule has 0 aromatic rings. The molecule has 18 heavy (non-hydrogen) atoms. The second kappa shape index (κ2) is 5.70. The van der Waals surface area contributed by atoms with Crippen LogP contribution in [-0.4, -0.2) is 30.1 Å². The molecule has 0 spiro atoms. The lowest BCUT2D eigenvalue weighted by Gasteiger charge is -2.19. The molecule has 1 aliphatic carbocycles. The summed E-state index contributed by atoms with van der Waals surface area (Å²) >= 11 is 0. The topological polar surface area (TPSA) is 96.5 Å². The van der Waals surface area contributed by atoms with Crippen LogP contribution in [0.3, 0.4) is 0 Å². The number of hydrogen-bond acceptors (Lipinski definition) is 4. The molecule has 0 bridgehead atoms. The van der Waals surface area contributed by atoms with Gasteiger partial charge < -0.3 is 10.1 Å². The maximum absolute atomic E-state index is 11.3. The third-order valence-electron chi connectivity index (χ3n) is 2.07. The van der Waals surface area contributed by atoms with Gasteiger partial charge in [-0.05, 0) is 33.6 Å². The van der Waals surface area contributed by atoms with Crippen molar-refractivity contribution in [1.29, 1.82) is 0 Å². The van der Waals surface area contributed by atoms with Crippen LogP contribution in [0.2, 0.25) is 0 Å². The predicted octanol–water partition coefficient (Wildman–Crippen LogP) is 0.0685. The fourth-order valence-electron chi connectivity index (χ4n) is 1.09. The summed E-state index contributed by atoms with van der Waals surface area (Å²) in [7, 11) is 0. The number of hydrogen-bond donors (Lipinski definition) is 3. The smallest absolute Gasteiger partial charge is 0.408 e. The first-order valence-electron chi connectivity index (χ1n) is 5.83. The van der Waals surface area contributed by atoms with Crippen LogP contribution in [0.1, 0.15) is 33.6 Å². The van der Waals surface area contributed by atoms with Gasteiger partial charge in [-0.3, -0.25) is 20.4 Å². The molecule has 3 amide bonds. The van der Waals surface area contributed by atoms with E-state index >= 15 is 0 Å². The second-order valence-electron chi connectivity index (χ2n) is 5.17. The monoisotopic (exact) mass is 257 g/mol. The molecule has 1 fully saturated rings. The molecule has 0 unspecified atom stereocenters. The summed E-state index contributed by atoms with van der Waals surface area (Å²) in [5, 5.41) is 2.28. The van der Waals surface area contributed by atoms with Crippen molar-refractivity contribution in [3.8, 4) is 0 Å². The Morgan fingerprint density at radius 3 is 2.28 bits per heavy atom. The number of carbonyl (C=O) groups excluding carboxylic acids is 3. The summed E-state index contributed by atoms with van der Waals surface area (Å²) < 4.78 is 4.94. The van der Waals surface area contributed by atoms with Gasteiger partial charge in [-0.25, -0.2) is 4.79 Å². The Labute approximate surface area is 106 Å². The van der Waals surface area contributed by atoms with Crippen LogP contribution in [-0.2, 0) is 14.3 Å². The molecule has 0 aliphatic heterocycles.